The fraction of sp³-hybridized carbons (Fsp3) is 0.933. The highest BCUT2D eigenvalue weighted by molar-refractivity contribution is 6.48. The summed E-state index contributed by atoms with van der Waals surface area (Å²) in [6, 6.07) is -0.562. The number of hydrogen-bond acceptors (Lipinski definition) is 6. The Morgan fingerprint density at radius 3 is 2.39 bits per heavy atom. The molecule has 0 aromatic heterocycles. The number of amides is 1. The number of rotatable bonds is 6. The molecule has 7 nitrogen and oxygen atoms in total. The first-order valence-corrected chi connectivity index (χ1v) is 10.8. The zero-order valence-electron chi connectivity index (χ0n) is 15.2. The van der Waals surface area contributed by atoms with Gasteiger partial charge in [-0.2, -0.15) is 0 Å². The van der Waals surface area contributed by atoms with Gasteiger partial charge in [0.2, 0.25) is 5.91 Å². The highest BCUT2D eigenvalue weighted by atomic mass is 28.3. The van der Waals surface area contributed by atoms with Crippen molar-refractivity contribution in [2.75, 3.05) is 13.7 Å². The Bertz CT molecular complexity index is 387. The molecule has 0 unspecified atom stereocenters. The Morgan fingerprint density at radius 1 is 1.35 bits per heavy atom. The zero-order valence-corrected chi connectivity index (χ0v) is 16.3. The summed E-state index contributed by atoms with van der Waals surface area (Å²) in [5, 5.41) is 13.4. The lowest BCUT2D eigenvalue weighted by Crippen LogP contribution is -2.66. The molecule has 23 heavy (non-hydrogen) atoms. The molecule has 8 heteroatoms. The van der Waals surface area contributed by atoms with Crippen LogP contribution >= 0.6 is 0 Å². The number of nitrogens with one attached hydrogen (secondary N) is 1. The van der Waals surface area contributed by atoms with E-state index in [0.29, 0.717) is 0 Å². The van der Waals surface area contributed by atoms with Crippen molar-refractivity contribution in [3.63, 3.8) is 0 Å². The van der Waals surface area contributed by atoms with Crippen LogP contribution in [0.5, 0.6) is 0 Å². The topological polar surface area (TPSA) is 86.2 Å². The predicted molar refractivity (Wildman–Crippen MR) is 88.7 cm³/mol. The van der Waals surface area contributed by atoms with E-state index < -0.39 is 39.7 Å². The van der Waals surface area contributed by atoms with Gasteiger partial charge in [-0.3, -0.25) is 4.79 Å². The van der Waals surface area contributed by atoms with Crippen molar-refractivity contribution in [1.82, 2.24) is 5.32 Å². The Balaban J connectivity index is 2.92. The molecule has 0 radical (unpaired) electrons. The van der Waals surface area contributed by atoms with Crippen LogP contribution in [-0.2, 0) is 23.4 Å². The number of carbonyl (C=O) groups excluding carboxylic acids is 1. The van der Waals surface area contributed by atoms with Crippen molar-refractivity contribution in [1.29, 1.82) is 0 Å². The van der Waals surface area contributed by atoms with Gasteiger partial charge in [0.15, 0.2) is 15.3 Å². The molecule has 1 fully saturated rings. The van der Waals surface area contributed by atoms with E-state index in [2.05, 4.69) is 5.32 Å². The molecule has 2 N–H and O–H groups in total. The minimum absolute atomic E-state index is 0.219. The SMILES string of the molecule is CO[C@@H]1O[C@H](COC(C)(C)C)[C@@H](O)[C@H](O[SiH](C)C)[C@H]1NC(C)=O. The first-order chi connectivity index (χ1) is 10.5. The summed E-state index contributed by atoms with van der Waals surface area (Å²) in [6.07, 6.45) is -2.77. The predicted octanol–water partition coefficient (Wildman–Crippen LogP) is 0.407. The third kappa shape index (κ3) is 6.48. The van der Waals surface area contributed by atoms with Crippen LogP contribution in [0.2, 0.25) is 13.1 Å². The fourth-order valence-corrected chi connectivity index (χ4v) is 3.41. The van der Waals surface area contributed by atoms with Gasteiger partial charge in [-0.15, -0.1) is 0 Å². The Labute approximate surface area is 140 Å². The third-order valence-corrected chi connectivity index (χ3v) is 4.24. The van der Waals surface area contributed by atoms with E-state index >= 15 is 0 Å². The van der Waals surface area contributed by atoms with E-state index in [1.165, 1.54) is 14.0 Å². The van der Waals surface area contributed by atoms with Crippen molar-refractivity contribution >= 4 is 14.9 Å². The van der Waals surface area contributed by atoms with Gasteiger partial charge < -0.3 is 29.1 Å². The molecule has 1 heterocycles. The molecular weight excluding hydrogens is 318 g/mol. The highest BCUT2D eigenvalue weighted by Gasteiger charge is 2.47. The van der Waals surface area contributed by atoms with Crippen LogP contribution < -0.4 is 5.32 Å². The molecular formula is C15H31NO6Si. The lowest BCUT2D eigenvalue weighted by molar-refractivity contribution is -0.266. The summed E-state index contributed by atoms with van der Waals surface area (Å²) in [5.41, 5.74) is -0.344. The molecule has 1 aliphatic rings. The molecule has 0 bridgehead atoms. The molecule has 0 saturated carbocycles. The van der Waals surface area contributed by atoms with Gasteiger partial charge in [0.05, 0.1) is 18.3 Å². The van der Waals surface area contributed by atoms with Crippen LogP contribution in [0.1, 0.15) is 27.7 Å². The Hall–Kier alpha value is -0.513. The number of hydrogen-bond donors (Lipinski definition) is 2. The molecule has 0 spiro atoms. The minimum atomic E-state index is -1.45. The van der Waals surface area contributed by atoms with Gasteiger partial charge in [-0.25, -0.2) is 0 Å². The first kappa shape index (κ1) is 20.5. The van der Waals surface area contributed by atoms with E-state index in [0.717, 1.165) is 0 Å². The van der Waals surface area contributed by atoms with Crippen LogP contribution in [0, 0.1) is 0 Å². The van der Waals surface area contributed by atoms with Gasteiger partial charge in [-0.05, 0) is 33.9 Å². The Kier molecular flexibility index (Phi) is 7.63. The molecule has 5 atom stereocenters. The van der Waals surface area contributed by atoms with Gasteiger partial charge in [0.1, 0.15) is 18.2 Å². The second-order valence-corrected chi connectivity index (χ2v) is 9.44. The summed E-state index contributed by atoms with van der Waals surface area (Å²) < 4.78 is 22.9. The molecule has 1 saturated heterocycles. The largest absolute Gasteiger partial charge is 0.413 e. The maximum absolute atomic E-state index is 11.5. The minimum Gasteiger partial charge on any atom is -0.413 e. The Morgan fingerprint density at radius 2 is 1.96 bits per heavy atom. The summed E-state index contributed by atoms with van der Waals surface area (Å²) in [4.78, 5) is 11.5. The molecule has 0 aliphatic carbocycles. The molecule has 136 valence electrons. The van der Waals surface area contributed by atoms with E-state index in [4.69, 9.17) is 18.6 Å². The normalized spacial score (nSPS) is 32.1. The number of carbonyl (C=O) groups is 1. The lowest BCUT2D eigenvalue weighted by Gasteiger charge is -2.45. The maximum atomic E-state index is 11.5. The van der Waals surface area contributed by atoms with Crippen LogP contribution in [0.15, 0.2) is 0 Å². The standard InChI is InChI=1S/C15H31NO6Si/c1-9(17)16-11-13(22-23(6)7)12(18)10(21-14(11)19-5)8-20-15(2,3)4/h10-14,18,23H,8H2,1-7H3,(H,16,17)/t10-,11-,12-,13-,14-/m1/s1. The summed E-state index contributed by atoms with van der Waals surface area (Å²) in [7, 11) is 0.0544. The van der Waals surface area contributed by atoms with Crippen LogP contribution in [0.3, 0.4) is 0 Å². The summed E-state index contributed by atoms with van der Waals surface area (Å²) in [5.74, 6) is -0.226. The smallest absolute Gasteiger partial charge is 0.217 e. The van der Waals surface area contributed by atoms with E-state index in [-0.39, 0.29) is 18.1 Å². The van der Waals surface area contributed by atoms with E-state index in [9.17, 15) is 9.90 Å². The average Bonchev–Trinajstić information content (AvgIpc) is 2.40. The van der Waals surface area contributed by atoms with Crippen molar-refractivity contribution in [2.45, 2.75) is 77.0 Å². The molecule has 1 aliphatic heterocycles. The number of methoxy groups -OCH3 is 1. The molecule has 1 rings (SSSR count). The van der Waals surface area contributed by atoms with Crippen LogP contribution in [0.4, 0.5) is 0 Å². The molecule has 0 aromatic rings. The van der Waals surface area contributed by atoms with Crippen LogP contribution in [0.25, 0.3) is 0 Å². The number of aliphatic hydroxyl groups is 1. The van der Waals surface area contributed by atoms with Crippen molar-refractivity contribution in [3.8, 4) is 0 Å². The van der Waals surface area contributed by atoms with Crippen molar-refractivity contribution in [2.24, 2.45) is 0 Å². The van der Waals surface area contributed by atoms with E-state index in [1.807, 2.05) is 33.9 Å². The van der Waals surface area contributed by atoms with Crippen molar-refractivity contribution in [3.05, 3.63) is 0 Å². The third-order valence-electron chi connectivity index (χ3n) is 3.39. The van der Waals surface area contributed by atoms with Gasteiger partial charge >= 0.3 is 0 Å². The summed E-state index contributed by atoms with van der Waals surface area (Å²) >= 11 is 0. The summed E-state index contributed by atoms with van der Waals surface area (Å²) in [6.45, 7) is 11.5. The van der Waals surface area contributed by atoms with E-state index in [1.54, 1.807) is 0 Å². The molecule has 0 aromatic carbocycles. The second-order valence-electron chi connectivity index (χ2n) is 7.07. The van der Waals surface area contributed by atoms with Crippen molar-refractivity contribution < 1.29 is 28.5 Å². The number of aliphatic hydroxyl groups excluding tert-OH is 1. The quantitative estimate of drug-likeness (QED) is 0.676. The average molecular weight is 350 g/mol. The first-order valence-electron chi connectivity index (χ1n) is 7.98. The molecule has 1 amide bonds. The van der Waals surface area contributed by atoms with Gasteiger partial charge in [0, 0.05) is 14.0 Å². The maximum Gasteiger partial charge on any atom is 0.217 e. The fourth-order valence-electron chi connectivity index (χ4n) is 2.45. The highest BCUT2D eigenvalue weighted by Crippen LogP contribution is 2.26. The van der Waals surface area contributed by atoms with Crippen LogP contribution in [-0.4, -0.2) is 70.0 Å². The second kappa shape index (κ2) is 8.54. The lowest BCUT2D eigenvalue weighted by atomic mass is 9.96. The van der Waals surface area contributed by atoms with Gasteiger partial charge in [0.25, 0.3) is 0 Å². The number of ether oxygens (including phenoxy) is 3. The van der Waals surface area contributed by atoms with Gasteiger partial charge in [-0.1, -0.05) is 0 Å². The monoisotopic (exact) mass is 349 g/mol. The zero-order chi connectivity index (χ0) is 17.8.